The molecule has 1 aromatic rings. The zero-order valence-electron chi connectivity index (χ0n) is 9.98. The maximum atomic E-state index is 4.43. The van der Waals surface area contributed by atoms with Gasteiger partial charge in [-0.25, -0.2) is 0 Å². The van der Waals surface area contributed by atoms with E-state index in [0.717, 1.165) is 0 Å². The molecule has 0 aliphatic rings. The highest BCUT2D eigenvalue weighted by Crippen LogP contribution is 2.35. The predicted molar refractivity (Wildman–Crippen MR) is 64.1 cm³/mol. The van der Waals surface area contributed by atoms with Crippen LogP contribution in [0.1, 0.15) is 56.2 Å². The first-order valence-corrected chi connectivity index (χ1v) is 6.19. The highest BCUT2D eigenvalue weighted by molar-refractivity contribution is 7.06. The van der Waals surface area contributed by atoms with Crippen LogP contribution in [0.5, 0.6) is 0 Å². The molecular formula is C12H21NS. The lowest BCUT2D eigenvalue weighted by Gasteiger charge is -2.23. The van der Waals surface area contributed by atoms with E-state index in [1.807, 2.05) is 0 Å². The van der Waals surface area contributed by atoms with Crippen LogP contribution in [0.15, 0.2) is 0 Å². The molecule has 0 aliphatic carbocycles. The molecule has 1 rings (SSSR count). The molecule has 0 aliphatic heterocycles. The normalized spacial score (nSPS) is 12.1. The van der Waals surface area contributed by atoms with Crippen molar-refractivity contribution < 1.29 is 0 Å². The Balaban J connectivity index is 2.86. The van der Waals surface area contributed by atoms with Gasteiger partial charge in [-0.1, -0.05) is 33.6 Å². The molecule has 14 heavy (non-hydrogen) atoms. The van der Waals surface area contributed by atoms with Gasteiger partial charge in [0, 0.05) is 10.3 Å². The Hall–Kier alpha value is -0.370. The van der Waals surface area contributed by atoms with Crippen LogP contribution >= 0.6 is 11.5 Å². The predicted octanol–water partition coefficient (Wildman–Crippen LogP) is 4.23. The Morgan fingerprint density at radius 3 is 2.36 bits per heavy atom. The van der Waals surface area contributed by atoms with E-state index in [0.29, 0.717) is 5.41 Å². The molecule has 0 saturated heterocycles. The summed E-state index contributed by atoms with van der Waals surface area (Å²) in [6, 6.07) is 0. The molecule has 0 N–H and O–H groups in total. The van der Waals surface area contributed by atoms with Gasteiger partial charge in [0.05, 0.1) is 5.69 Å². The molecule has 1 nitrogen and oxygen atoms in total. The van der Waals surface area contributed by atoms with Crippen molar-refractivity contribution in [2.24, 2.45) is 0 Å². The topological polar surface area (TPSA) is 12.9 Å². The first kappa shape index (κ1) is 11.7. The van der Waals surface area contributed by atoms with Gasteiger partial charge in [-0.2, -0.15) is 4.37 Å². The minimum atomic E-state index is 0.312. The Bertz CT molecular complexity index is 299. The smallest absolute Gasteiger partial charge is 0.0543 e. The lowest BCUT2D eigenvalue weighted by molar-refractivity contribution is 0.464. The Labute approximate surface area is 91.7 Å². The highest BCUT2D eigenvalue weighted by atomic mass is 32.1. The van der Waals surface area contributed by atoms with E-state index in [4.69, 9.17) is 0 Å². The fourth-order valence-corrected chi connectivity index (χ4v) is 2.78. The van der Waals surface area contributed by atoms with Gasteiger partial charge in [0.15, 0.2) is 0 Å². The van der Waals surface area contributed by atoms with Gasteiger partial charge < -0.3 is 0 Å². The van der Waals surface area contributed by atoms with E-state index in [1.54, 1.807) is 11.5 Å². The average Bonchev–Trinajstić information content (AvgIpc) is 2.45. The summed E-state index contributed by atoms with van der Waals surface area (Å²) in [6.45, 7) is 11.2. The maximum absolute atomic E-state index is 4.43. The largest absolute Gasteiger partial charge is 0.197 e. The van der Waals surface area contributed by atoms with Crippen LogP contribution in [-0.4, -0.2) is 4.37 Å². The van der Waals surface area contributed by atoms with Crippen LogP contribution in [-0.2, 0) is 5.41 Å². The molecule has 0 aromatic carbocycles. The van der Waals surface area contributed by atoms with Gasteiger partial charge in [0.2, 0.25) is 0 Å². The van der Waals surface area contributed by atoms with Crippen molar-refractivity contribution in [3.05, 3.63) is 16.1 Å². The second kappa shape index (κ2) is 4.43. The molecule has 2 heteroatoms. The first-order chi connectivity index (χ1) is 6.49. The summed E-state index contributed by atoms with van der Waals surface area (Å²) in [5.74, 6) is 0. The Morgan fingerprint density at radius 1 is 1.29 bits per heavy atom. The van der Waals surface area contributed by atoms with Gasteiger partial charge in [-0.15, -0.1) is 0 Å². The molecule has 0 atom stereocenters. The van der Waals surface area contributed by atoms with Gasteiger partial charge in [0.1, 0.15) is 0 Å². The third-order valence-electron chi connectivity index (χ3n) is 2.93. The van der Waals surface area contributed by atoms with Gasteiger partial charge in [0.25, 0.3) is 0 Å². The Morgan fingerprint density at radius 2 is 1.93 bits per heavy atom. The summed E-state index contributed by atoms with van der Waals surface area (Å²) < 4.78 is 4.43. The lowest BCUT2D eigenvalue weighted by atomic mass is 9.84. The number of unbranched alkanes of at least 4 members (excludes halogenated alkanes) is 1. The molecule has 0 radical (unpaired) electrons. The number of nitrogens with zero attached hydrogens (tertiary/aromatic N) is 1. The summed E-state index contributed by atoms with van der Waals surface area (Å²) >= 11 is 1.68. The standard InChI is InChI=1S/C12H21NS/c1-6-7-8-12(4,5)11-9(2)10(3)13-14-11/h6-8H2,1-5H3. The van der Waals surface area contributed by atoms with Crippen molar-refractivity contribution >= 4 is 11.5 Å². The van der Waals surface area contributed by atoms with E-state index in [-0.39, 0.29) is 0 Å². The molecular weight excluding hydrogens is 190 g/mol. The van der Waals surface area contributed by atoms with E-state index in [1.165, 1.54) is 35.4 Å². The van der Waals surface area contributed by atoms with Crippen molar-refractivity contribution in [1.82, 2.24) is 4.37 Å². The number of aromatic nitrogens is 1. The van der Waals surface area contributed by atoms with E-state index in [2.05, 4.69) is 39.0 Å². The van der Waals surface area contributed by atoms with Gasteiger partial charge in [-0.3, -0.25) is 0 Å². The van der Waals surface area contributed by atoms with Gasteiger partial charge in [-0.05, 0) is 37.4 Å². The summed E-state index contributed by atoms with van der Waals surface area (Å²) in [7, 11) is 0. The SMILES string of the molecule is CCCCC(C)(C)c1snc(C)c1C. The molecule has 0 fully saturated rings. The minimum absolute atomic E-state index is 0.312. The third kappa shape index (κ3) is 2.35. The number of hydrogen-bond donors (Lipinski definition) is 0. The van der Waals surface area contributed by atoms with Crippen molar-refractivity contribution in [3.8, 4) is 0 Å². The monoisotopic (exact) mass is 211 g/mol. The van der Waals surface area contributed by atoms with Crippen LogP contribution in [0, 0.1) is 13.8 Å². The van der Waals surface area contributed by atoms with Crippen molar-refractivity contribution in [1.29, 1.82) is 0 Å². The summed E-state index contributed by atoms with van der Waals surface area (Å²) in [6.07, 6.45) is 3.86. The quantitative estimate of drug-likeness (QED) is 0.726. The molecule has 0 saturated carbocycles. The fourth-order valence-electron chi connectivity index (χ4n) is 1.78. The van der Waals surface area contributed by atoms with E-state index >= 15 is 0 Å². The van der Waals surface area contributed by atoms with E-state index < -0.39 is 0 Å². The molecule has 0 bridgehead atoms. The fraction of sp³-hybridized carbons (Fsp3) is 0.750. The van der Waals surface area contributed by atoms with Crippen molar-refractivity contribution in [3.63, 3.8) is 0 Å². The number of aryl methyl sites for hydroxylation is 1. The number of rotatable bonds is 4. The van der Waals surface area contributed by atoms with Gasteiger partial charge >= 0.3 is 0 Å². The zero-order chi connectivity index (χ0) is 10.8. The minimum Gasteiger partial charge on any atom is -0.197 e. The van der Waals surface area contributed by atoms with Crippen LogP contribution in [0.25, 0.3) is 0 Å². The zero-order valence-corrected chi connectivity index (χ0v) is 10.8. The molecule has 80 valence electrons. The molecule has 1 heterocycles. The van der Waals surface area contributed by atoms with Crippen LogP contribution in [0.2, 0.25) is 0 Å². The van der Waals surface area contributed by atoms with Crippen LogP contribution in [0.3, 0.4) is 0 Å². The summed E-state index contributed by atoms with van der Waals surface area (Å²) in [4.78, 5) is 1.48. The Kier molecular flexibility index (Phi) is 3.71. The first-order valence-electron chi connectivity index (χ1n) is 5.42. The summed E-state index contributed by atoms with van der Waals surface area (Å²) in [5.41, 5.74) is 2.91. The lowest BCUT2D eigenvalue weighted by Crippen LogP contribution is -2.16. The maximum Gasteiger partial charge on any atom is 0.0543 e. The summed E-state index contributed by atoms with van der Waals surface area (Å²) in [5, 5.41) is 0. The molecule has 0 amide bonds. The number of hydrogen-bond acceptors (Lipinski definition) is 2. The average molecular weight is 211 g/mol. The molecule has 0 spiro atoms. The van der Waals surface area contributed by atoms with Crippen LogP contribution < -0.4 is 0 Å². The highest BCUT2D eigenvalue weighted by Gasteiger charge is 2.24. The molecule has 1 aromatic heterocycles. The van der Waals surface area contributed by atoms with Crippen molar-refractivity contribution in [2.75, 3.05) is 0 Å². The van der Waals surface area contributed by atoms with E-state index in [9.17, 15) is 0 Å². The molecule has 0 unspecified atom stereocenters. The van der Waals surface area contributed by atoms with Crippen molar-refractivity contribution in [2.45, 2.75) is 59.3 Å². The van der Waals surface area contributed by atoms with Crippen LogP contribution in [0.4, 0.5) is 0 Å². The second-order valence-electron chi connectivity index (χ2n) is 4.71. The third-order valence-corrected chi connectivity index (χ3v) is 4.33. The second-order valence-corrected chi connectivity index (χ2v) is 5.48.